The summed E-state index contributed by atoms with van der Waals surface area (Å²) in [5.41, 5.74) is 5.21. The molecule has 17 heavy (non-hydrogen) atoms. The molecule has 1 aromatic heterocycles. The summed E-state index contributed by atoms with van der Waals surface area (Å²) < 4.78 is 10.3. The average molecular weight is 241 g/mol. The zero-order valence-corrected chi connectivity index (χ0v) is 10.2. The van der Waals surface area contributed by atoms with Crippen molar-refractivity contribution in [2.45, 2.75) is 32.9 Å². The molecule has 0 bridgehead atoms. The third-order valence-electron chi connectivity index (χ3n) is 2.06. The van der Waals surface area contributed by atoms with E-state index in [2.05, 4.69) is 10.5 Å². The maximum Gasteiger partial charge on any atom is 0.270 e. The minimum Gasteiger partial charge on any atom is -0.379 e. The summed E-state index contributed by atoms with van der Waals surface area (Å²) in [5, 5.41) is 6.70. The second kappa shape index (κ2) is 7.03. The first kappa shape index (κ1) is 13.7. The van der Waals surface area contributed by atoms with Crippen molar-refractivity contribution in [1.29, 1.82) is 0 Å². The number of hydrogen-bond acceptors (Lipinski definition) is 5. The molecule has 0 unspecified atom stereocenters. The largest absolute Gasteiger partial charge is 0.379 e. The number of ether oxygens (including phenoxy) is 1. The molecule has 1 heterocycles. The smallest absolute Gasteiger partial charge is 0.270 e. The number of rotatable bonds is 8. The second-order valence-electron chi connectivity index (χ2n) is 3.99. The van der Waals surface area contributed by atoms with E-state index in [1.807, 2.05) is 13.8 Å². The summed E-state index contributed by atoms with van der Waals surface area (Å²) >= 11 is 0. The van der Waals surface area contributed by atoms with Crippen molar-refractivity contribution in [2.24, 2.45) is 5.73 Å². The highest BCUT2D eigenvalue weighted by Crippen LogP contribution is 2.02. The van der Waals surface area contributed by atoms with Crippen molar-refractivity contribution >= 4 is 5.91 Å². The lowest BCUT2D eigenvalue weighted by atomic mass is 10.3. The van der Waals surface area contributed by atoms with E-state index in [0.29, 0.717) is 12.3 Å². The third-order valence-corrected chi connectivity index (χ3v) is 2.06. The molecule has 0 saturated carbocycles. The molecule has 0 aliphatic carbocycles. The molecule has 0 aliphatic heterocycles. The Kier molecular flexibility index (Phi) is 5.65. The normalized spacial score (nSPS) is 11.0. The van der Waals surface area contributed by atoms with Crippen molar-refractivity contribution < 1.29 is 14.1 Å². The molecule has 0 radical (unpaired) electrons. The number of carbonyl (C=O) groups excluding carboxylic acids is 1. The van der Waals surface area contributed by atoms with Gasteiger partial charge in [-0.3, -0.25) is 4.79 Å². The summed E-state index contributed by atoms with van der Waals surface area (Å²) in [7, 11) is 0. The number of hydrogen-bond donors (Lipinski definition) is 2. The average Bonchev–Trinajstić information content (AvgIpc) is 2.71. The molecule has 96 valence electrons. The fourth-order valence-corrected chi connectivity index (χ4v) is 1.24. The van der Waals surface area contributed by atoms with E-state index in [9.17, 15) is 4.79 Å². The summed E-state index contributed by atoms with van der Waals surface area (Å²) in [6.07, 6.45) is 1.19. The zero-order valence-electron chi connectivity index (χ0n) is 10.2. The Hall–Kier alpha value is -1.40. The van der Waals surface area contributed by atoms with Gasteiger partial charge in [-0.1, -0.05) is 5.16 Å². The Labute approximate surface area is 100 Å². The Morgan fingerprint density at radius 2 is 2.41 bits per heavy atom. The van der Waals surface area contributed by atoms with Gasteiger partial charge in [0.15, 0.2) is 11.5 Å². The highest BCUT2D eigenvalue weighted by atomic mass is 16.5. The number of nitrogens with one attached hydrogen (secondary N) is 1. The minimum absolute atomic E-state index is 0.157. The van der Waals surface area contributed by atoms with Crippen LogP contribution in [0.25, 0.3) is 0 Å². The van der Waals surface area contributed by atoms with E-state index < -0.39 is 5.91 Å². The summed E-state index contributed by atoms with van der Waals surface area (Å²) in [5.74, 6) is 0.0221. The lowest BCUT2D eigenvalue weighted by Crippen LogP contribution is -2.17. The summed E-state index contributed by atoms with van der Waals surface area (Å²) in [4.78, 5) is 10.8. The fourth-order valence-electron chi connectivity index (χ4n) is 1.24. The molecule has 6 heteroatoms. The molecule has 0 aromatic carbocycles. The van der Waals surface area contributed by atoms with Gasteiger partial charge in [0.25, 0.3) is 5.91 Å². The molecule has 0 aliphatic rings. The molecule has 6 nitrogen and oxygen atoms in total. The van der Waals surface area contributed by atoms with Crippen molar-refractivity contribution in [3.8, 4) is 0 Å². The monoisotopic (exact) mass is 241 g/mol. The standard InChI is InChI=1S/C11H19N3O3/c1-8(2)16-5-3-4-13-7-9-6-10(11(12)15)14-17-9/h6,8,13H,3-5,7H2,1-2H3,(H2,12,15). The quantitative estimate of drug-likeness (QED) is 0.653. The van der Waals surface area contributed by atoms with Crippen molar-refractivity contribution in [2.75, 3.05) is 13.2 Å². The van der Waals surface area contributed by atoms with Gasteiger partial charge < -0.3 is 20.3 Å². The molecule has 1 amide bonds. The molecular weight excluding hydrogens is 222 g/mol. The summed E-state index contributed by atoms with van der Waals surface area (Å²) in [6, 6.07) is 1.54. The number of aromatic nitrogens is 1. The molecule has 3 N–H and O–H groups in total. The van der Waals surface area contributed by atoms with Gasteiger partial charge in [0.05, 0.1) is 12.6 Å². The van der Waals surface area contributed by atoms with Crippen LogP contribution in [-0.4, -0.2) is 30.3 Å². The van der Waals surface area contributed by atoms with Gasteiger partial charge in [-0.25, -0.2) is 0 Å². The van der Waals surface area contributed by atoms with Gasteiger partial charge >= 0.3 is 0 Å². The Bertz CT molecular complexity index is 349. The lowest BCUT2D eigenvalue weighted by Gasteiger charge is -2.07. The molecule has 0 atom stereocenters. The van der Waals surface area contributed by atoms with Crippen LogP contribution in [-0.2, 0) is 11.3 Å². The van der Waals surface area contributed by atoms with Gasteiger partial charge in [-0.05, 0) is 26.8 Å². The minimum atomic E-state index is -0.578. The Balaban J connectivity index is 2.11. The van der Waals surface area contributed by atoms with Crippen molar-refractivity contribution in [1.82, 2.24) is 10.5 Å². The molecule has 0 fully saturated rings. The van der Waals surface area contributed by atoms with Gasteiger partial charge in [-0.2, -0.15) is 0 Å². The molecule has 0 spiro atoms. The molecule has 0 saturated heterocycles. The van der Waals surface area contributed by atoms with E-state index in [1.165, 1.54) is 0 Å². The number of nitrogens with zero attached hydrogens (tertiary/aromatic N) is 1. The van der Waals surface area contributed by atoms with Crippen molar-refractivity contribution in [3.63, 3.8) is 0 Å². The first-order chi connectivity index (χ1) is 8.09. The van der Waals surface area contributed by atoms with Gasteiger partial charge in [0.2, 0.25) is 0 Å². The summed E-state index contributed by atoms with van der Waals surface area (Å²) in [6.45, 7) is 6.09. The van der Waals surface area contributed by atoms with Gasteiger partial charge in [-0.15, -0.1) is 0 Å². The van der Waals surface area contributed by atoms with E-state index in [0.717, 1.165) is 19.6 Å². The second-order valence-corrected chi connectivity index (χ2v) is 3.99. The highest BCUT2D eigenvalue weighted by molar-refractivity contribution is 5.90. The predicted molar refractivity (Wildman–Crippen MR) is 62.4 cm³/mol. The van der Waals surface area contributed by atoms with Crippen LogP contribution in [0.2, 0.25) is 0 Å². The number of primary amides is 1. The van der Waals surface area contributed by atoms with E-state index in [4.69, 9.17) is 15.0 Å². The third kappa shape index (κ3) is 5.46. The van der Waals surface area contributed by atoms with Crippen LogP contribution in [0, 0.1) is 0 Å². The van der Waals surface area contributed by atoms with Crippen LogP contribution in [0.5, 0.6) is 0 Å². The van der Waals surface area contributed by atoms with E-state index in [1.54, 1.807) is 6.07 Å². The number of nitrogens with two attached hydrogens (primary N) is 1. The first-order valence-corrected chi connectivity index (χ1v) is 5.67. The topological polar surface area (TPSA) is 90.4 Å². The van der Waals surface area contributed by atoms with Crippen LogP contribution in [0.1, 0.15) is 36.5 Å². The van der Waals surface area contributed by atoms with Gasteiger partial charge in [0.1, 0.15) is 0 Å². The SMILES string of the molecule is CC(C)OCCCNCc1cc(C(N)=O)no1. The molecular formula is C11H19N3O3. The Morgan fingerprint density at radius 3 is 3.00 bits per heavy atom. The number of amides is 1. The molecule has 1 rings (SSSR count). The van der Waals surface area contributed by atoms with Crippen LogP contribution in [0.15, 0.2) is 10.6 Å². The first-order valence-electron chi connectivity index (χ1n) is 5.67. The van der Waals surface area contributed by atoms with E-state index in [-0.39, 0.29) is 11.8 Å². The van der Waals surface area contributed by atoms with Crippen LogP contribution >= 0.6 is 0 Å². The van der Waals surface area contributed by atoms with Gasteiger partial charge in [0, 0.05) is 12.7 Å². The lowest BCUT2D eigenvalue weighted by molar-refractivity contribution is 0.0769. The van der Waals surface area contributed by atoms with E-state index >= 15 is 0 Å². The predicted octanol–water partition coefficient (Wildman–Crippen LogP) is 0.678. The Morgan fingerprint density at radius 1 is 1.65 bits per heavy atom. The van der Waals surface area contributed by atoms with Crippen LogP contribution in [0.4, 0.5) is 0 Å². The van der Waals surface area contributed by atoms with Crippen LogP contribution < -0.4 is 11.1 Å². The molecule has 1 aromatic rings. The van der Waals surface area contributed by atoms with Crippen LogP contribution in [0.3, 0.4) is 0 Å². The maximum absolute atomic E-state index is 10.8. The van der Waals surface area contributed by atoms with Crippen molar-refractivity contribution in [3.05, 3.63) is 17.5 Å². The maximum atomic E-state index is 10.8. The fraction of sp³-hybridized carbons (Fsp3) is 0.636. The highest BCUT2D eigenvalue weighted by Gasteiger charge is 2.07. The number of carbonyl (C=O) groups is 1. The zero-order chi connectivity index (χ0) is 12.7.